The number of hydrogen-bond donors (Lipinski definition) is 1. The van der Waals surface area contributed by atoms with Crippen LogP contribution in [0.25, 0.3) is 0 Å². The summed E-state index contributed by atoms with van der Waals surface area (Å²) in [4.78, 5) is 36.1. The Labute approximate surface area is 198 Å². The summed E-state index contributed by atoms with van der Waals surface area (Å²) in [6, 6.07) is -0.126. The Morgan fingerprint density at radius 3 is 2.39 bits per heavy atom. The molecule has 0 radical (unpaired) electrons. The average molecular weight is 460 g/mol. The number of hydrogen-bond acceptors (Lipinski definition) is 5. The summed E-state index contributed by atoms with van der Waals surface area (Å²) in [5.74, 6) is 1.17. The van der Waals surface area contributed by atoms with Crippen LogP contribution in [0.15, 0.2) is 11.6 Å². The van der Waals surface area contributed by atoms with Crippen molar-refractivity contribution in [1.82, 2.24) is 5.32 Å². The van der Waals surface area contributed by atoms with Crippen LogP contribution in [-0.2, 0) is 23.9 Å². The number of nitrogens with one attached hydrogen (secondary N) is 1. The van der Waals surface area contributed by atoms with Crippen molar-refractivity contribution in [2.75, 3.05) is 0 Å². The highest BCUT2D eigenvalue weighted by Crippen LogP contribution is 2.65. The van der Waals surface area contributed by atoms with Gasteiger partial charge in [-0.15, -0.1) is 0 Å². The first-order valence-corrected chi connectivity index (χ1v) is 13.0. The fourth-order valence-electron chi connectivity index (χ4n) is 7.83. The molecule has 0 aromatic heterocycles. The lowest BCUT2D eigenvalue weighted by Crippen LogP contribution is -2.55. The molecule has 6 nitrogen and oxygen atoms in total. The van der Waals surface area contributed by atoms with Crippen LogP contribution >= 0.6 is 0 Å². The molecule has 0 aromatic carbocycles. The summed E-state index contributed by atoms with van der Waals surface area (Å²) in [6.45, 7) is 9.95. The molecule has 0 aliphatic heterocycles. The quantitative estimate of drug-likeness (QED) is 0.476. The maximum absolute atomic E-state index is 12.2. The van der Waals surface area contributed by atoms with E-state index in [2.05, 4.69) is 25.2 Å². The second-order valence-electron chi connectivity index (χ2n) is 11.3. The second-order valence-corrected chi connectivity index (χ2v) is 11.3. The van der Waals surface area contributed by atoms with Gasteiger partial charge in [0.1, 0.15) is 12.2 Å². The number of amides is 1. The molecule has 4 aliphatic rings. The maximum Gasteiger partial charge on any atom is 0.305 e. The summed E-state index contributed by atoms with van der Waals surface area (Å²) in [7, 11) is 0. The lowest BCUT2D eigenvalue weighted by molar-refractivity contribution is -0.151. The average Bonchev–Trinajstić information content (AvgIpc) is 3.04. The van der Waals surface area contributed by atoms with E-state index in [1.165, 1.54) is 5.57 Å². The van der Waals surface area contributed by atoms with Crippen molar-refractivity contribution in [3.63, 3.8) is 0 Å². The highest BCUT2D eigenvalue weighted by molar-refractivity contribution is 5.74. The van der Waals surface area contributed by atoms with Gasteiger partial charge in [-0.25, -0.2) is 0 Å². The number of ether oxygens (including phenoxy) is 2. The number of allylic oxidation sites excluding steroid dienone is 1. The van der Waals surface area contributed by atoms with E-state index in [-0.39, 0.29) is 46.9 Å². The number of carbonyl (C=O) groups is 3. The fourth-order valence-corrected chi connectivity index (χ4v) is 7.83. The van der Waals surface area contributed by atoms with Crippen LogP contribution < -0.4 is 5.32 Å². The minimum absolute atomic E-state index is 0.00986. The van der Waals surface area contributed by atoms with Gasteiger partial charge in [-0.2, -0.15) is 0 Å². The van der Waals surface area contributed by atoms with Gasteiger partial charge in [0.25, 0.3) is 0 Å². The largest absolute Gasteiger partial charge is 0.462 e. The van der Waals surface area contributed by atoms with Crippen LogP contribution in [0.5, 0.6) is 0 Å². The van der Waals surface area contributed by atoms with Crippen molar-refractivity contribution in [3.05, 3.63) is 11.6 Å². The molecule has 3 fully saturated rings. The normalized spacial score (nSPS) is 41.7. The van der Waals surface area contributed by atoms with Crippen LogP contribution in [0, 0.1) is 28.6 Å². The van der Waals surface area contributed by atoms with Crippen LogP contribution in [0.2, 0.25) is 0 Å². The van der Waals surface area contributed by atoms with Crippen molar-refractivity contribution in [2.24, 2.45) is 28.6 Å². The van der Waals surface area contributed by atoms with E-state index in [0.29, 0.717) is 30.6 Å². The molecule has 1 amide bonds. The number of carbonyl (C=O) groups excluding carboxylic acids is 3. The van der Waals surface area contributed by atoms with E-state index in [1.54, 1.807) is 6.92 Å². The van der Waals surface area contributed by atoms with Gasteiger partial charge in [0.05, 0.1) is 6.04 Å². The smallest absolute Gasteiger partial charge is 0.305 e. The number of fused-ring (bicyclic) bond motifs is 5. The van der Waals surface area contributed by atoms with Gasteiger partial charge in [0.2, 0.25) is 5.91 Å². The number of esters is 2. The summed E-state index contributed by atoms with van der Waals surface area (Å²) < 4.78 is 11.6. The molecule has 184 valence electrons. The van der Waals surface area contributed by atoms with Gasteiger partial charge in [-0.1, -0.05) is 39.3 Å². The Kier molecular flexibility index (Phi) is 6.67. The second kappa shape index (κ2) is 9.07. The lowest BCUT2D eigenvalue weighted by atomic mass is 9.48. The lowest BCUT2D eigenvalue weighted by Gasteiger charge is -2.57. The molecule has 0 aromatic rings. The van der Waals surface area contributed by atoms with Crippen molar-refractivity contribution in [2.45, 2.75) is 111 Å². The third kappa shape index (κ3) is 4.23. The zero-order chi connectivity index (χ0) is 24.0. The Morgan fingerprint density at radius 2 is 1.73 bits per heavy atom. The molecule has 3 saturated carbocycles. The Morgan fingerprint density at radius 1 is 1.03 bits per heavy atom. The SMILES string of the molecule is CCC(=O)O[C@H]1CC[C@@]2(C)C(=CC[C@@H]3[C@H]4C[C@H](OC(=O)CC)[C@@H](NC(C)=O)[C@@]4(C)CC[C@H]32)C1. The predicted molar refractivity (Wildman–Crippen MR) is 125 cm³/mol. The van der Waals surface area contributed by atoms with Crippen molar-refractivity contribution in [3.8, 4) is 0 Å². The van der Waals surface area contributed by atoms with Crippen LogP contribution in [0.4, 0.5) is 0 Å². The highest BCUT2D eigenvalue weighted by Gasteiger charge is 2.62. The predicted octanol–water partition coefficient (Wildman–Crippen LogP) is 4.71. The van der Waals surface area contributed by atoms with Crippen LogP contribution in [-0.4, -0.2) is 36.1 Å². The van der Waals surface area contributed by atoms with Gasteiger partial charge in [-0.3, -0.25) is 14.4 Å². The van der Waals surface area contributed by atoms with Crippen molar-refractivity contribution < 1.29 is 23.9 Å². The van der Waals surface area contributed by atoms with E-state index in [9.17, 15) is 14.4 Å². The molecular weight excluding hydrogens is 418 g/mol. The maximum atomic E-state index is 12.2. The van der Waals surface area contributed by atoms with Gasteiger partial charge in [0.15, 0.2) is 0 Å². The molecule has 0 bridgehead atoms. The van der Waals surface area contributed by atoms with Gasteiger partial charge in [0, 0.05) is 26.2 Å². The standard InChI is InChI=1S/C27H41NO5/c1-6-23(30)32-18-10-12-26(4)17(14-18)8-9-19-20(26)11-13-27(5)21(19)15-22(33-24(31)7-2)25(27)28-16(3)29/h8,18-22,25H,6-7,9-15H2,1-5H3,(H,28,29)/t18-,19-,20+,21+,22-,25+,26-,27-/m0/s1. The molecule has 4 rings (SSSR count). The summed E-state index contributed by atoms with van der Waals surface area (Å²) >= 11 is 0. The Hall–Kier alpha value is -1.85. The Balaban J connectivity index is 1.58. The highest BCUT2D eigenvalue weighted by atomic mass is 16.5. The van der Waals surface area contributed by atoms with Crippen LogP contribution in [0.3, 0.4) is 0 Å². The molecule has 33 heavy (non-hydrogen) atoms. The molecule has 6 heteroatoms. The molecule has 1 N–H and O–H groups in total. The molecule has 4 aliphatic carbocycles. The topological polar surface area (TPSA) is 81.7 Å². The summed E-state index contributed by atoms with van der Waals surface area (Å²) in [5.41, 5.74) is 1.54. The van der Waals surface area contributed by atoms with E-state index in [1.807, 2.05) is 13.8 Å². The van der Waals surface area contributed by atoms with Gasteiger partial charge < -0.3 is 14.8 Å². The first-order chi connectivity index (χ1) is 15.6. The third-order valence-corrected chi connectivity index (χ3v) is 9.58. The molecule has 0 saturated heterocycles. The van der Waals surface area contributed by atoms with E-state index >= 15 is 0 Å². The molecule has 0 heterocycles. The number of rotatable bonds is 5. The van der Waals surface area contributed by atoms with Crippen molar-refractivity contribution in [1.29, 1.82) is 0 Å². The van der Waals surface area contributed by atoms with Crippen LogP contribution in [0.1, 0.15) is 92.4 Å². The van der Waals surface area contributed by atoms with Crippen molar-refractivity contribution >= 4 is 17.8 Å². The first-order valence-electron chi connectivity index (χ1n) is 13.0. The summed E-state index contributed by atoms with van der Waals surface area (Å²) in [5, 5.41) is 3.17. The van der Waals surface area contributed by atoms with E-state index in [4.69, 9.17) is 9.47 Å². The molecule has 0 unspecified atom stereocenters. The Bertz CT molecular complexity index is 836. The minimum Gasteiger partial charge on any atom is -0.462 e. The molecule has 0 spiro atoms. The van der Waals surface area contributed by atoms with Gasteiger partial charge in [-0.05, 0) is 67.1 Å². The summed E-state index contributed by atoms with van der Waals surface area (Å²) in [6.07, 6.45) is 9.79. The van der Waals surface area contributed by atoms with E-state index < -0.39 is 0 Å². The monoisotopic (exact) mass is 459 g/mol. The fraction of sp³-hybridized carbons (Fsp3) is 0.815. The third-order valence-electron chi connectivity index (χ3n) is 9.58. The van der Waals surface area contributed by atoms with E-state index in [0.717, 1.165) is 44.9 Å². The molecule has 8 atom stereocenters. The zero-order valence-electron chi connectivity index (χ0n) is 20.9. The minimum atomic E-state index is -0.252. The molecular formula is C27H41NO5. The van der Waals surface area contributed by atoms with Gasteiger partial charge >= 0.3 is 11.9 Å². The zero-order valence-corrected chi connectivity index (χ0v) is 20.9. The first kappa shape index (κ1) is 24.3.